The van der Waals surface area contributed by atoms with E-state index in [0.29, 0.717) is 12.4 Å². The standard InChI is InChI=1S/C14H23NO3/c1-3-17-9-5-8-15-11-12-6-7-13(16)14(10-12)18-4-2/h6-7,10,15-16H,3-5,8-9,11H2,1-2H3. The summed E-state index contributed by atoms with van der Waals surface area (Å²) >= 11 is 0. The van der Waals surface area contributed by atoms with Crippen LogP contribution in [0.4, 0.5) is 0 Å². The molecule has 1 aromatic carbocycles. The average molecular weight is 253 g/mol. The first-order valence-corrected chi connectivity index (χ1v) is 6.51. The van der Waals surface area contributed by atoms with Crippen LogP contribution < -0.4 is 10.1 Å². The van der Waals surface area contributed by atoms with Crippen LogP contribution in [0.3, 0.4) is 0 Å². The molecule has 2 N–H and O–H groups in total. The minimum absolute atomic E-state index is 0.192. The van der Waals surface area contributed by atoms with Crippen LogP contribution in [-0.4, -0.2) is 31.5 Å². The number of rotatable bonds is 9. The molecule has 0 aliphatic carbocycles. The number of phenolic OH excluding ortho intramolecular Hbond substituents is 1. The molecular formula is C14H23NO3. The quantitative estimate of drug-likeness (QED) is 0.663. The van der Waals surface area contributed by atoms with E-state index in [1.165, 1.54) is 0 Å². The second-order valence-electron chi connectivity index (χ2n) is 3.96. The van der Waals surface area contributed by atoms with E-state index in [1.807, 2.05) is 26.0 Å². The van der Waals surface area contributed by atoms with Crippen molar-refractivity contribution < 1.29 is 14.6 Å². The summed E-state index contributed by atoms with van der Waals surface area (Å²) in [6.45, 7) is 7.71. The van der Waals surface area contributed by atoms with Crippen LogP contribution in [0.2, 0.25) is 0 Å². The lowest BCUT2D eigenvalue weighted by Crippen LogP contribution is -2.16. The summed E-state index contributed by atoms with van der Waals surface area (Å²) in [7, 11) is 0. The molecule has 0 spiro atoms. The second kappa shape index (κ2) is 8.78. The molecule has 1 aromatic rings. The average Bonchev–Trinajstić information content (AvgIpc) is 2.37. The fourth-order valence-electron chi connectivity index (χ4n) is 1.62. The van der Waals surface area contributed by atoms with E-state index in [1.54, 1.807) is 6.07 Å². The highest BCUT2D eigenvalue weighted by molar-refractivity contribution is 5.41. The van der Waals surface area contributed by atoms with E-state index < -0.39 is 0 Å². The summed E-state index contributed by atoms with van der Waals surface area (Å²) in [5, 5.41) is 12.9. The molecule has 0 bridgehead atoms. The van der Waals surface area contributed by atoms with Gasteiger partial charge in [-0.3, -0.25) is 0 Å². The van der Waals surface area contributed by atoms with Gasteiger partial charge in [-0.2, -0.15) is 0 Å². The number of aromatic hydroxyl groups is 1. The third-order valence-electron chi connectivity index (χ3n) is 2.50. The number of ether oxygens (including phenoxy) is 2. The Morgan fingerprint density at radius 1 is 1.22 bits per heavy atom. The normalized spacial score (nSPS) is 10.6. The molecule has 0 fully saturated rings. The highest BCUT2D eigenvalue weighted by Crippen LogP contribution is 2.26. The van der Waals surface area contributed by atoms with Crippen LogP contribution in [0, 0.1) is 0 Å². The van der Waals surface area contributed by atoms with Crippen LogP contribution in [0.1, 0.15) is 25.8 Å². The zero-order valence-corrected chi connectivity index (χ0v) is 11.2. The lowest BCUT2D eigenvalue weighted by atomic mass is 10.2. The topological polar surface area (TPSA) is 50.7 Å². The van der Waals surface area contributed by atoms with Crippen molar-refractivity contribution in [3.05, 3.63) is 23.8 Å². The number of nitrogens with one attached hydrogen (secondary N) is 1. The van der Waals surface area contributed by atoms with Gasteiger partial charge in [0.05, 0.1) is 6.61 Å². The van der Waals surface area contributed by atoms with E-state index in [-0.39, 0.29) is 5.75 Å². The Kier molecular flexibility index (Phi) is 7.22. The smallest absolute Gasteiger partial charge is 0.161 e. The summed E-state index contributed by atoms with van der Waals surface area (Å²) in [5.41, 5.74) is 1.10. The molecule has 0 heterocycles. The monoisotopic (exact) mass is 253 g/mol. The second-order valence-corrected chi connectivity index (χ2v) is 3.96. The van der Waals surface area contributed by atoms with Crippen molar-refractivity contribution in [3.8, 4) is 11.5 Å². The summed E-state index contributed by atoms with van der Waals surface area (Å²) in [6, 6.07) is 5.43. The van der Waals surface area contributed by atoms with Gasteiger partial charge < -0.3 is 19.9 Å². The van der Waals surface area contributed by atoms with E-state index in [9.17, 15) is 5.11 Å². The highest BCUT2D eigenvalue weighted by atomic mass is 16.5. The van der Waals surface area contributed by atoms with Gasteiger partial charge in [0.15, 0.2) is 11.5 Å². The van der Waals surface area contributed by atoms with Crippen molar-refractivity contribution in [2.24, 2.45) is 0 Å². The molecule has 102 valence electrons. The summed E-state index contributed by atoms with van der Waals surface area (Å²) < 4.78 is 10.6. The van der Waals surface area contributed by atoms with Gasteiger partial charge in [-0.05, 0) is 44.5 Å². The zero-order chi connectivity index (χ0) is 13.2. The van der Waals surface area contributed by atoms with Crippen LogP contribution in [0.25, 0.3) is 0 Å². The third-order valence-corrected chi connectivity index (χ3v) is 2.50. The predicted molar refractivity (Wildman–Crippen MR) is 72.1 cm³/mol. The molecule has 0 aliphatic heterocycles. The van der Waals surface area contributed by atoms with Gasteiger partial charge in [0.25, 0.3) is 0 Å². The van der Waals surface area contributed by atoms with Gasteiger partial charge in [0, 0.05) is 19.8 Å². The van der Waals surface area contributed by atoms with Gasteiger partial charge in [0.1, 0.15) is 0 Å². The Hall–Kier alpha value is -1.26. The Morgan fingerprint density at radius 2 is 2.06 bits per heavy atom. The minimum atomic E-state index is 0.192. The van der Waals surface area contributed by atoms with Crippen molar-refractivity contribution >= 4 is 0 Å². The molecule has 0 atom stereocenters. The van der Waals surface area contributed by atoms with Crippen molar-refractivity contribution in [1.82, 2.24) is 5.32 Å². The van der Waals surface area contributed by atoms with Crippen molar-refractivity contribution in [2.45, 2.75) is 26.8 Å². The summed E-state index contributed by atoms with van der Waals surface area (Å²) in [6.07, 6.45) is 1.00. The van der Waals surface area contributed by atoms with Crippen LogP contribution in [0.15, 0.2) is 18.2 Å². The number of benzene rings is 1. The molecular weight excluding hydrogens is 230 g/mol. The SMILES string of the molecule is CCOCCCNCc1ccc(O)c(OCC)c1. The largest absolute Gasteiger partial charge is 0.504 e. The predicted octanol–water partition coefficient (Wildman–Crippen LogP) is 2.31. The summed E-state index contributed by atoms with van der Waals surface area (Å²) in [4.78, 5) is 0. The molecule has 0 amide bonds. The molecule has 4 nitrogen and oxygen atoms in total. The first-order chi connectivity index (χ1) is 8.77. The van der Waals surface area contributed by atoms with E-state index in [4.69, 9.17) is 9.47 Å². The maximum Gasteiger partial charge on any atom is 0.161 e. The number of phenols is 1. The first-order valence-electron chi connectivity index (χ1n) is 6.51. The maximum atomic E-state index is 9.57. The number of hydrogen-bond acceptors (Lipinski definition) is 4. The Bertz CT molecular complexity index is 342. The lowest BCUT2D eigenvalue weighted by molar-refractivity contribution is 0.144. The van der Waals surface area contributed by atoms with Gasteiger partial charge >= 0.3 is 0 Å². The highest BCUT2D eigenvalue weighted by Gasteiger charge is 2.03. The summed E-state index contributed by atoms with van der Waals surface area (Å²) in [5.74, 6) is 0.739. The molecule has 0 saturated carbocycles. The Balaban J connectivity index is 2.31. The molecule has 0 unspecified atom stereocenters. The number of hydrogen-bond donors (Lipinski definition) is 2. The van der Waals surface area contributed by atoms with Crippen molar-refractivity contribution in [3.63, 3.8) is 0 Å². The van der Waals surface area contributed by atoms with Crippen LogP contribution >= 0.6 is 0 Å². The Labute approximate surface area is 109 Å². The van der Waals surface area contributed by atoms with Gasteiger partial charge in [0.2, 0.25) is 0 Å². The first kappa shape index (κ1) is 14.8. The molecule has 0 radical (unpaired) electrons. The van der Waals surface area contributed by atoms with Gasteiger partial charge in [-0.1, -0.05) is 6.07 Å². The van der Waals surface area contributed by atoms with E-state index >= 15 is 0 Å². The van der Waals surface area contributed by atoms with Crippen molar-refractivity contribution in [1.29, 1.82) is 0 Å². The Morgan fingerprint density at radius 3 is 2.78 bits per heavy atom. The lowest BCUT2D eigenvalue weighted by Gasteiger charge is -2.09. The molecule has 0 aliphatic rings. The van der Waals surface area contributed by atoms with Crippen LogP contribution in [-0.2, 0) is 11.3 Å². The molecule has 0 saturated heterocycles. The minimum Gasteiger partial charge on any atom is -0.504 e. The van der Waals surface area contributed by atoms with Crippen molar-refractivity contribution in [2.75, 3.05) is 26.4 Å². The third kappa shape index (κ3) is 5.38. The van der Waals surface area contributed by atoms with E-state index in [0.717, 1.165) is 38.3 Å². The fraction of sp³-hybridized carbons (Fsp3) is 0.571. The maximum absolute atomic E-state index is 9.57. The fourth-order valence-corrected chi connectivity index (χ4v) is 1.62. The van der Waals surface area contributed by atoms with Gasteiger partial charge in [-0.25, -0.2) is 0 Å². The molecule has 4 heteroatoms. The molecule has 0 aromatic heterocycles. The van der Waals surface area contributed by atoms with E-state index in [2.05, 4.69) is 5.32 Å². The molecule has 18 heavy (non-hydrogen) atoms. The zero-order valence-electron chi connectivity index (χ0n) is 11.2. The van der Waals surface area contributed by atoms with Gasteiger partial charge in [-0.15, -0.1) is 0 Å². The van der Waals surface area contributed by atoms with Crippen LogP contribution in [0.5, 0.6) is 11.5 Å². The molecule has 1 rings (SSSR count).